The molecule has 1 heterocycles. The Kier molecular flexibility index (Phi) is 1.51. The van der Waals surface area contributed by atoms with Crippen molar-refractivity contribution < 1.29 is 25.3 Å². The van der Waals surface area contributed by atoms with Gasteiger partial charge in [-0.2, -0.15) is 0 Å². The van der Waals surface area contributed by atoms with Crippen LogP contribution in [0.25, 0.3) is 0 Å². The lowest BCUT2D eigenvalue weighted by Gasteiger charge is -2.29. The van der Waals surface area contributed by atoms with Crippen LogP contribution in [-0.4, -0.2) is 36.4 Å². The molecule has 0 aromatic heterocycles. The highest BCUT2D eigenvalue weighted by atomic mass is 16.7. The average Bonchev–Trinajstić information content (AvgIpc) is 2.15. The molecular formula is C5H9N2O4+. The van der Waals surface area contributed by atoms with Crippen molar-refractivity contribution in [3.8, 4) is 0 Å². The van der Waals surface area contributed by atoms with Gasteiger partial charge in [0.1, 0.15) is 6.20 Å². The van der Waals surface area contributed by atoms with Crippen molar-refractivity contribution in [2.75, 3.05) is 0 Å². The van der Waals surface area contributed by atoms with E-state index in [0.29, 0.717) is 0 Å². The van der Waals surface area contributed by atoms with Gasteiger partial charge < -0.3 is 0 Å². The molecule has 1 unspecified atom stereocenters. The van der Waals surface area contributed by atoms with Crippen molar-refractivity contribution in [2.24, 2.45) is 0 Å². The van der Waals surface area contributed by atoms with E-state index in [9.17, 15) is 5.21 Å². The molecule has 1 aliphatic heterocycles. The second-order valence-corrected chi connectivity index (χ2v) is 2.16. The Balaban J connectivity index is 3.03. The van der Waals surface area contributed by atoms with Gasteiger partial charge in [0.2, 0.25) is 0 Å². The maximum atomic E-state index is 9.23. The maximum Gasteiger partial charge on any atom is 0.470 e. The number of hydrogen-bond donors (Lipinski definition) is 4. The Bertz CT molecular complexity index is 215. The molecule has 1 atom stereocenters. The van der Waals surface area contributed by atoms with Crippen LogP contribution >= 0.6 is 0 Å². The zero-order valence-corrected chi connectivity index (χ0v) is 5.62. The third-order valence-corrected chi connectivity index (χ3v) is 1.50. The molecule has 0 saturated carbocycles. The summed E-state index contributed by atoms with van der Waals surface area (Å²) in [5.74, 6) is 0. The summed E-state index contributed by atoms with van der Waals surface area (Å²) in [4.78, 5) is 0. The largest absolute Gasteiger partial charge is 0.470 e. The van der Waals surface area contributed by atoms with Crippen LogP contribution in [0.3, 0.4) is 0 Å². The summed E-state index contributed by atoms with van der Waals surface area (Å²) in [7, 11) is 0. The fourth-order valence-corrected chi connectivity index (χ4v) is 0.712. The smallest absolute Gasteiger partial charge is 0.295 e. The van der Waals surface area contributed by atoms with Crippen molar-refractivity contribution in [2.45, 2.75) is 6.03 Å². The van der Waals surface area contributed by atoms with Crippen LogP contribution in [-0.2, 0) is 0 Å². The molecule has 1 aliphatic rings. The highest BCUT2D eigenvalue weighted by Crippen LogP contribution is 2.27. The molecule has 0 radical (unpaired) electrons. The molecular weight excluding hydrogens is 152 g/mol. The third kappa shape index (κ3) is 0.854. The van der Waals surface area contributed by atoms with E-state index in [1.165, 1.54) is 0 Å². The van der Waals surface area contributed by atoms with Crippen LogP contribution in [0.4, 0.5) is 0 Å². The molecule has 62 valence electrons. The Hall–Kier alpha value is -0.920. The lowest BCUT2D eigenvalue weighted by Crippen LogP contribution is -2.59. The minimum atomic E-state index is -2.79. The first-order valence-electron chi connectivity index (χ1n) is 2.81. The SMILES string of the molecule is C=C[N+]1(O)C=CN(O)C1(O)O. The summed E-state index contributed by atoms with van der Waals surface area (Å²) < 4.78 is -1.37. The maximum absolute atomic E-state index is 9.23. The fourth-order valence-electron chi connectivity index (χ4n) is 0.712. The first kappa shape index (κ1) is 8.18. The lowest BCUT2D eigenvalue weighted by atomic mass is 10.6. The zero-order chi connectivity index (χ0) is 8.70. The molecule has 0 amide bonds. The number of hydroxylamine groups is 5. The van der Waals surface area contributed by atoms with Gasteiger partial charge in [-0.15, -0.1) is 5.06 Å². The average molecular weight is 161 g/mol. The van der Waals surface area contributed by atoms with Gasteiger partial charge in [-0.3, -0.25) is 15.4 Å². The van der Waals surface area contributed by atoms with Gasteiger partial charge in [-0.25, -0.2) is 5.21 Å². The molecule has 6 nitrogen and oxygen atoms in total. The number of aliphatic hydroxyl groups is 2. The van der Waals surface area contributed by atoms with Gasteiger partial charge in [0.05, 0.1) is 6.20 Å². The topological polar surface area (TPSA) is 84.2 Å². The van der Waals surface area contributed by atoms with Crippen LogP contribution in [0.15, 0.2) is 25.2 Å². The second-order valence-electron chi connectivity index (χ2n) is 2.16. The van der Waals surface area contributed by atoms with E-state index in [1.54, 1.807) is 0 Å². The van der Waals surface area contributed by atoms with E-state index in [1.807, 2.05) is 0 Å². The molecule has 0 aliphatic carbocycles. The quantitative estimate of drug-likeness (QED) is 0.296. The number of quaternary nitrogens is 1. The molecule has 4 N–H and O–H groups in total. The predicted molar refractivity (Wildman–Crippen MR) is 32.2 cm³/mol. The molecule has 0 bridgehead atoms. The molecule has 0 aromatic carbocycles. The van der Waals surface area contributed by atoms with Gasteiger partial charge >= 0.3 is 6.03 Å². The van der Waals surface area contributed by atoms with Crippen molar-refractivity contribution in [3.05, 3.63) is 25.2 Å². The van der Waals surface area contributed by atoms with Crippen molar-refractivity contribution in [1.82, 2.24) is 5.06 Å². The lowest BCUT2D eigenvalue weighted by molar-refractivity contribution is -1.11. The number of rotatable bonds is 1. The van der Waals surface area contributed by atoms with Crippen molar-refractivity contribution in [1.29, 1.82) is 0 Å². The van der Waals surface area contributed by atoms with E-state index in [-0.39, 0.29) is 5.06 Å². The minimum absolute atomic E-state index is 0.0642. The number of nitrogens with zero attached hydrogens (tertiary/aromatic N) is 2. The minimum Gasteiger partial charge on any atom is -0.295 e. The summed E-state index contributed by atoms with van der Waals surface area (Å²) in [5, 5.41) is 36.0. The molecule has 11 heavy (non-hydrogen) atoms. The zero-order valence-electron chi connectivity index (χ0n) is 5.62. The Morgan fingerprint density at radius 3 is 2.27 bits per heavy atom. The van der Waals surface area contributed by atoms with E-state index < -0.39 is 10.7 Å². The van der Waals surface area contributed by atoms with Crippen LogP contribution in [0.5, 0.6) is 0 Å². The monoisotopic (exact) mass is 161 g/mol. The first-order valence-corrected chi connectivity index (χ1v) is 2.81. The highest BCUT2D eigenvalue weighted by Gasteiger charge is 2.56. The van der Waals surface area contributed by atoms with E-state index in [0.717, 1.165) is 18.6 Å². The Labute approximate surface area is 62.6 Å². The van der Waals surface area contributed by atoms with Crippen LogP contribution in [0.2, 0.25) is 0 Å². The fraction of sp³-hybridized carbons (Fsp3) is 0.200. The molecule has 0 aromatic rings. The normalized spacial score (nSPS) is 34.4. The second kappa shape index (κ2) is 2.03. The summed E-state index contributed by atoms with van der Waals surface area (Å²) in [5.41, 5.74) is 0. The van der Waals surface area contributed by atoms with Crippen LogP contribution < -0.4 is 0 Å². The molecule has 0 saturated heterocycles. The van der Waals surface area contributed by atoms with Gasteiger partial charge in [0, 0.05) is 0 Å². The van der Waals surface area contributed by atoms with E-state index >= 15 is 0 Å². The van der Waals surface area contributed by atoms with Crippen LogP contribution in [0.1, 0.15) is 0 Å². The Morgan fingerprint density at radius 1 is 1.55 bits per heavy atom. The predicted octanol–water partition coefficient (Wildman–Crippen LogP) is -0.892. The standard InChI is InChI=1S/C5H9N2O4/c1-2-7(11)4-3-6(10)5(7,8)9/h2-4,8-11H,1H2/q+1. The van der Waals surface area contributed by atoms with Crippen LogP contribution in [0, 0.1) is 0 Å². The summed E-state index contributed by atoms with van der Waals surface area (Å²) in [6.45, 7) is 3.16. The highest BCUT2D eigenvalue weighted by molar-refractivity contribution is 4.82. The number of hydrogen-bond acceptors (Lipinski definition) is 5. The molecule has 6 heteroatoms. The molecule has 0 fully saturated rings. The van der Waals surface area contributed by atoms with Crippen molar-refractivity contribution >= 4 is 0 Å². The summed E-state index contributed by atoms with van der Waals surface area (Å²) in [6, 6.07) is -2.79. The van der Waals surface area contributed by atoms with Crippen molar-refractivity contribution in [3.63, 3.8) is 0 Å². The van der Waals surface area contributed by atoms with Gasteiger partial charge in [0.25, 0.3) is 0 Å². The van der Waals surface area contributed by atoms with Gasteiger partial charge in [0.15, 0.2) is 6.20 Å². The molecule has 0 spiro atoms. The van der Waals surface area contributed by atoms with E-state index in [2.05, 4.69) is 6.58 Å². The summed E-state index contributed by atoms with van der Waals surface area (Å²) in [6.07, 6.45) is 2.71. The summed E-state index contributed by atoms with van der Waals surface area (Å²) >= 11 is 0. The van der Waals surface area contributed by atoms with Gasteiger partial charge in [-0.05, 0) is 6.58 Å². The third-order valence-electron chi connectivity index (χ3n) is 1.50. The van der Waals surface area contributed by atoms with E-state index in [4.69, 9.17) is 15.4 Å². The Morgan fingerprint density at radius 2 is 2.09 bits per heavy atom. The van der Waals surface area contributed by atoms with Gasteiger partial charge in [-0.1, -0.05) is 4.65 Å². The molecule has 1 rings (SSSR count). The first-order chi connectivity index (χ1) is 4.94.